The van der Waals surface area contributed by atoms with Crippen molar-refractivity contribution in [3.05, 3.63) is 0 Å². The molecule has 1 nitrogen and oxygen atoms in total. The van der Waals surface area contributed by atoms with Crippen molar-refractivity contribution in [1.29, 1.82) is 0 Å². The van der Waals surface area contributed by atoms with Crippen LogP contribution in [0.15, 0.2) is 0 Å². The first-order valence-electron chi connectivity index (χ1n) is 6.59. The lowest BCUT2D eigenvalue weighted by Gasteiger charge is -2.38. The van der Waals surface area contributed by atoms with E-state index in [0.29, 0.717) is 0 Å². The zero-order valence-corrected chi connectivity index (χ0v) is 9.60. The van der Waals surface area contributed by atoms with E-state index in [1.165, 1.54) is 57.8 Å². The van der Waals surface area contributed by atoms with Gasteiger partial charge in [-0.3, -0.25) is 0 Å². The normalized spacial score (nSPS) is 35.8. The maximum absolute atomic E-state index is 3.55. The fourth-order valence-corrected chi connectivity index (χ4v) is 3.64. The van der Waals surface area contributed by atoms with Gasteiger partial charge in [0.1, 0.15) is 0 Å². The number of hydrogen-bond acceptors (Lipinski definition) is 1. The summed E-state index contributed by atoms with van der Waals surface area (Å²) in [5.74, 6) is 2.07. The molecule has 0 heterocycles. The second-order valence-corrected chi connectivity index (χ2v) is 5.24. The first-order chi connectivity index (χ1) is 6.92. The average molecular weight is 195 g/mol. The predicted octanol–water partition coefficient (Wildman–Crippen LogP) is 3.34. The summed E-state index contributed by atoms with van der Waals surface area (Å²) in [6, 6.07) is 0.840. The highest BCUT2D eigenvalue weighted by molar-refractivity contribution is 4.85. The van der Waals surface area contributed by atoms with Gasteiger partial charge in [-0.15, -0.1) is 0 Å². The smallest absolute Gasteiger partial charge is 0.00949 e. The van der Waals surface area contributed by atoms with Crippen LogP contribution in [-0.2, 0) is 0 Å². The van der Waals surface area contributed by atoms with Gasteiger partial charge < -0.3 is 5.32 Å². The molecular formula is C13H25N. The van der Waals surface area contributed by atoms with Crippen LogP contribution in [0.4, 0.5) is 0 Å². The highest BCUT2D eigenvalue weighted by atomic mass is 14.9. The van der Waals surface area contributed by atoms with E-state index in [0.717, 1.165) is 17.9 Å². The van der Waals surface area contributed by atoms with Crippen molar-refractivity contribution in [3.8, 4) is 0 Å². The Hall–Kier alpha value is -0.0400. The molecule has 1 N–H and O–H groups in total. The molecular weight excluding hydrogens is 170 g/mol. The van der Waals surface area contributed by atoms with E-state index in [-0.39, 0.29) is 0 Å². The van der Waals surface area contributed by atoms with E-state index in [9.17, 15) is 0 Å². The molecule has 0 radical (unpaired) electrons. The fraction of sp³-hybridized carbons (Fsp3) is 1.00. The highest BCUT2D eigenvalue weighted by Crippen LogP contribution is 2.38. The van der Waals surface area contributed by atoms with Crippen molar-refractivity contribution in [2.75, 3.05) is 7.05 Å². The lowest BCUT2D eigenvalue weighted by Crippen LogP contribution is -2.40. The van der Waals surface area contributed by atoms with Crippen LogP contribution in [-0.4, -0.2) is 13.1 Å². The minimum absolute atomic E-state index is 0.840. The van der Waals surface area contributed by atoms with Gasteiger partial charge in [0.15, 0.2) is 0 Å². The summed E-state index contributed by atoms with van der Waals surface area (Å²) < 4.78 is 0. The van der Waals surface area contributed by atoms with E-state index >= 15 is 0 Å². The quantitative estimate of drug-likeness (QED) is 0.712. The van der Waals surface area contributed by atoms with E-state index < -0.39 is 0 Å². The van der Waals surface area contributed by atoms with Gasteiger partial charge in [0.25, 0.3) is 0 Å². The van der Waals surface area contributed by atoms with E-state index in [1.54, 1.807) is 0 Å². The summed E-state index contributed by atoms with van der Waals surface area (Å²) >= 11 is 0. The van der Waals surface area contributed by atoms with Gasteiger partial charge in [-0.1, -0.05) is 44.9 Å². The molecule has 2 fully saturated rings. The molecule has 0 spiro atoms. The Morgan fingerprint density at radius 3 is 2.14 bits per heavy atom. The van der Waals surface area contributed by atoms with Crippen LogP contribution in [0.1, 0.15) is 57.8 Å². The van der Waals surface area contributed by atoms with Gasteiger partial charge in [0.2, 0.25) is 0 Å². The van der Waals surface area contributed by atoms with Crippen LogP contribution >= 0.6 is 0 Å². The van der Waals surface area contributed by atoms with Crippen molar-refractivity contribution in [1.82, 2.24) is 5.32 Å². The summed E-state index contributed by atoms with van der Waals surface area (Å²) in [4.78, 5) is 0. The van der Waals surface area contributed by atoms with E-state index in [2.05, 4.69) is 12.4 Å². The van der Waals surface area contributed by atoms with Crippen molar-refractivity contribution in [3.63, 3.8) is 0 Å². The maximum Gasteiger partial charge on any atom is 0.00949 e. The molecule has 2 aliphatic rings. The van der Waals surface area contributed by atoms with Crippen molar-refractivity contribution in [2.45, 2.75) is 63.8 Å². The first kappa shape index (κ1) is 10.5. The lowest BCUT2D eigenvalue weighted by molar-refractivity contribution is 0.155. The minimum Gasteiger partial charge on any atom is -0.317 e. The third-order valence-corrected chi connectivity index (χ3v) is 4.45. The summed E-state index contributed by atoms with van der Waals surface area (Å²) in [5, 5.41) is 3.55. The molecule has 0 bridgehead atoms. The van der Waals surface area contributed by atoms with Gasteiger partial charge in [0, 0.05) is 6.04 Å². The molecule has 0 amide bonds. The van der Waals surface area contributed by atoms with Gasteiger partial charge in [-0.2, -0.15) is 0 Å². The van der Waals surface area contributed by atoms with E-state index in [1.807, 2.05) is 0 Å². The maximum atomic E-state index is 3.55. The molecule has 2 rings (SSSR count). The second kappa shape index (κ2) is 5.16. The molecule has 14 heavy (non-hydrogen) atoms. The molecule has 0 saturated heterocycles. The zero-order valence-electron chi connectivity index (χ0n) is 9.60. The van der Waals surface area contributed by atoms with Crippen LogP contribution < -0.4 is 5.32 Å². The molecule has 2 saturated carbocycles. The Kier molecular flexibility index (Phi) is 3.86. The van der Waals surface area contributed by atoms with Gasteiger partial charge in [-0.05, 0) is 31.7 Å². The summed E-state index contributed by atoms with van der Waals surface area (Å²) in [5.41, 5.74) is 0. The molecule has 0 aliphatic heterocycles. The molecule has 2 unspecified atom stereocenters. The molecule has 1 heteroatoms. The third kappa shape index (κ3) is 2.31. The zero-order chi connectivity index (χ0) is 9.80. The van der Waals surface area contributed by atoms with Crippen molar-refractivity contribution < 1.29 is 0 Å². The Morgan fingerprint density at radius 1 is 0.786 bits per heavy atom. The largest absolute Gasteiger partial charge is 0.317 e. The summed E-state index contributed by atoms with van der Waals surface area (Å²) in [6.07, 6.45) is 13.4. The van der Waals surface area contributed by atoms with Crippen molar-refractivity contribution in [2.24, 2.45) is 11.8 Å². The summed E-state index contributed by atoms with van der Waals surface area (Å²) in [7, 11) is 2.16. The fourth-order valence-electron chi connectivity index (χ4n) is 3.64. The first-order valence-corrected chi connectivity index (χ1v) is 6.59. The third-order valence-electron chi connectivity index (χ3n) is 4.45. The Morgan fingerprint density at radius 2 is 1.43 bits per heavy atom. The molecule has 0 aromatic carbocycles. The van der Waals surface area contributed by atoms with Gasteiger partial charge in [0.05, 0.1) is 0 Å². The number of rotatable bonds is 2. The molecule has 2 aliphatic carbocycles. The Labute approximate surface area is 88.7 Å². The van der Waals surface area contributed by atoms with E-state index in [4.69, 9.17) is 0 Å². The Balaban J connectivity index is 1.91. The Bertz CT molecular complexity index is 161. The van der Waals surface area contributed by atoms with Crippen LogP contribution in [0.3, 0.4) is 0 Å². The van der Waals surface area contributed by atoms with Crippen LogP contribution in [0.25, 0.3) is 0 Å². The minimum atomic E-state index is 0.840. The van der Waals surface area contributed by atoms with Crippen LogP contribution in [0, 0.1) is 11.8 Å². The molecule has 0 aromatic heterocycles. The number of nitrogens with one attached hydrogen (secondary N) is 1. The van der Waals surface area contributed by atoms with Crippen LogP contribution in [0.5, 0.6) is 0 Å². The lowest BCUT2D eigenvalue weighted by atomic mass is 9.71. The molecule has 2 atom stereocenters. The van der Waals surface area contributed by atoms with Gasteiger partial charge >= 0.3 is 0 Å². The molecule has 0 aromatic rings. The van der Waals surface area contributed by atoms with Crippen LogP contribution in [0.2, 0.25) is 0 Å². The van der Waals surface area contributed by atoms with Crippen molar-refractivity contribution >= 4 is 0 Å². The topological polar surface area (TPSA) is 12.0 Å². The highest BCUT2D eigenvalue weighted by Gasteiger charge is 2.31. The standard InChI is InChI=1S/C13H25N/c1-14-13-10-6-5-9-12(13)11-7-3-2-4-8-11/h11-14H,2-10H2,1H3. The molecule has 82 valence electrons. The second-order valence-electron chi connectivity index (χ2n) is 5.24. The average Bonchev–Trinajstić information content (AvgIpc) is 2.30. The SMILES string of the molecule is CNC1CCCCC1C1CCCCC1. The summed E-state index contributed by atoms with van der Waals surface area (Å²) in [6.45, 7) is 0. The number of hydrogen-bond donors (Lipinski definition) is 1. The predicted molar refractivity (Wildman–Crippen MR) is 61.4 cm³/mol. The van der Waals surface area contributed by atoms with Gasteiger partial charge in [-0.25, -0.2) is 0 Å². The monoisotopic (exact) mass is 195 g/mol.